The van der Waals surface area contributed by atoms with Gasteiger partial charge in [0.2, 0.25) is 0 Å². The molecule has 0 aliphatic rings. The molecule has 0 radical (unpaired) electrons. The van der Waals surface area contributed by atoms with Crippen LogP contribution in [0, 0.1) is 0 Å². The van der Waals surface area contributed by atoms with E-state index >= 15 is 0 Å². The number of nitrogens with zero attached hydrogens (tertiary/aromatic N) is 3. The van der Waals surface area contributed by atoms with Gasteiger partial charge in [0.15, 0.2) is 0 Å². The zero-order valence-electron chi connectivity index (χ0n) is 12.6. The molecule has 0 saturated heterocycles. The minimum absolute atomic E-state index is 0.0497. The van der Waals surface area contributed by atoms with Crippen LogP contribution in [-0.2, 0) is 16.8 Å². The van der Waals surface area contributed by atoms with Crippen molar-refractivity contribution in [1.82, 2.24) is 19.7 Å². The highest BCUT2D eigenvalue weighted by molar-refractivity contribution is 7.87. The number of fused-ring (bicyclic) bond motifs is 1. The van der Waals surface area contributed by atoms with E-state index in [-0.39, 0.29) is 6.54 Å². The largest absolute Gasteiger partial charge is 0.497 e. The minimum atomic E-state index is -3.76. The maximum absolute atomic E-state index is 10.9. The molecule has 0 aliphatic carbocycles. The average molecular weight is 368 g/mol. The molecule has 0 amide bonds. The van der Waals surface area contributed by atoms with Crippen molar-refractivity contribution in [2.75, 3.05) is 7.11 Å². The summed E-state index contributed by atoms with van der Waals surface area (Å²) < 4.78 is 30.9. The van der Waals surface area contributed by atoms with Crippen LogP contribution in [0.1, 0.15) is 5.56 Å². The number of hydrogen-bond acceptors (Lipinski definition) is 5. The summed E-state index contributed by atoms with van der Waals surface area (Å²) in [5.74, 6) is 0.685. The predicted molar refractivity (Wildman–Crippen MR) is 90.4 cm³/mol. The molecule has 1 heterocycles. The fourth-order valence-corrected chi connectivity index (χ4v) is 2.88. The van der Waals surface area contributed by atoms with E-state index in [2.05, 4.69) is 15.0 Å². The summed E-state index contributed by atoms with van der Waals surface area (Å²) in [4.78, 5) is 0. The summed E-state index contributed by atoms with van der Waals surface area (Å²) in [6.07, 6.45) is 0. The Kier molecular flexibility index (Phi) is 4.41. The lowest BCUT2D eigenvalue weighted by Gasteiger charge is -2.08. The molecule has 1 aromatic heterocycles. The fraction of sp³-hybridized carbons (Fsp3) is 0.143. The van der Waals surface area contributed by atoms with Crippen molar-refractivity contribution < 1.29 is 13.2 Å². The zero-order valence-corrected chi connectivity index (χ0v) is 14.2. The van der Waals surface area contributed by atoms with Gasteiger partial charge in [-0.05, 0) is 29.8 Å². The summed E-state index contributed by atoms with van der Waals surface area (Å²) in [6.45, 7) is 0.0497. The van der Waals surface area contributed by atoms with E-state index in [0.29, 0.717) is 27.5 Å². The van der Waals surface area contributed by atoms with Crippen LogP contribution >= 0.6 is 11.6 Å². The summed E-state index contributed by atoms with van der Waals surface area (Å²) in [6, 6.07) is 10.5. The van der Waals surface area contributed by atoms with Crippen LogP contribution in [0.25, 0.3) is 16.7 Å². The summed E-state index contributed by atoms with van der Waals surface area (Å²) in [7, 11) is -2.18. The van der Waals surface area contributed by atoms with Crippen LogP contribution in [0.5, 0.6) is 5.75 Å². The number of nitrogens with two attached hydrogens (primary N) is 1. The molecule has 2 aromatic carbocycles. The molecule has 3 aromatic rings. The van der Waals surface area contributed by atoms with E-state index in [0.717, 1.165) is 5.52 Å². The number of ether oxygens (including phenoxy) is 1. The Morgan fingerprint density at radius 1 is 1.29 bits per heavy atom. The molecule has 8 nitrogen and oxygen atoms in total. The Labute approximate surface area is 143 Å². The van der Waals surface area contributed by atoms with Gasteiger partial charge in [0.1, 0.15) is 11.3 Å². The second-order valence-electron chi connectivity index (χ2n) is 5.01. The Morgan fingerprint density at radius 3 is 2.75 bits per heavy atom. The molecule has 0 saturated carbocycles. The first kappa shape index (κ1) is 16.7. The molecule has 0 fully saturated rings. The van der Waals surface area contributed by atoms with Crippen LogP contribution in [-0.4, -0.2) is 30.5 Å². The standard InChI is InChI=1S/C14H14ClN5O3S/c1-23-10-3-5-14-12(7-10)18-19-20(14)13-4-2-9(6-11(13)15)8-17-24(16,21)22/h2-7,17H,8H2,1H3,(H2,16,21,22). The Morgan fingerprint density at radius 2 is 2.08 bits per heavy atom. The Balaban J connectivity index is 1.95. The third-order valence-corrected chi connectivity index (χ3v) is 4.22. The van der Waals surface area contributed by atoms with Crippen molar-refractivity contribution in [3.05, 3.63) is 47.0 Å². The van der Waals surface area contributed by atoms with Crippen molar-refractivity contribution in [2.45, 2.75) is 6.54 Å². The van der Waals surface area contributed by atoms with Crippen molar-refractivity contribution in [3.63, 3.8) is 0 Å². The zero-order chi connectivity index (χ0) is 17.3. The Hall–Kier alpha value is -2.20. The molecule has 3 N–H and O–H groups in total. The number of rotatable bonds is 5. The van der Waals surface area contributed by atoms with Crippen molar-refractivity contribution in [3.8, 4) is 11.4 Å². The molecule has 0 aliphatic heterocycles. The normalized spacial score (nSPS) is 11.8. The van der Waals surface area contributed by atoms with Gasteiger partial charge in [-0.3, -0.25) is 0 Å². The second-order valence-corrected chi connectivity index (χ2v) is 6.79. The molecule has 0 bridgehead atoms. The third kappa shape index (κ3) is 3.49. The molecule has 0 unspecified atom stereocenters. The van der Waals surface area contributed by atoms with Gasteiger partial charge in [0.05, 0.1) is 23.3 Å². The van der Waals surface area contributed by atoms with Crippen LogP contribution < -0.4 is 14.6 Å². The van der Waals surface area contributed by atoms with Crippen LogP contribution in [0.4, 0.5) is 0 Å². The smallest absolute Gasteiger partial charge is 0.274 e. The van der Waals surface area contributed by atoms with E-state index in [9.17, 15) is 8.42 Å². The quantitative estimate of drug-likeness (QED) is 0.707. The Bertz CT molecular complexity index is 1000. The lowest BCUT2D eigenvalue weighted by atomic mass is 10.2. The minimum Gasteiger partial charge on any atom is -0.497 e. The molecule has 126 valence electrons. The molecule has 0 atom stereocenters. The fourth-order valence-electron chi connectivity index (χ4n) is 2.22. The number of methoxy groups -OCH3 is 1. The summed E-state index contributed by atoms with van der Waals surface area (Å²) in [5.41, 5.74) is 2.74. The number of hydrogen-bond donors (Lipinski definition) is 2. The van der Waals surface area contributed by atoms with E-state index in [4.69, 9.17) is 21.5 Å². The van der Waals surface area contributed by atoms with Crippen molar-refractivity contribution in [1.29, 1.82) is 0 Å². The van der Waals surface area contributed by atoms with Gasteiger partial charge < -0.3 is 4.74 Å². The molecular weight excluding hydrogens is 354 g/mol. The van der Waals surface area contributed by atoms with E-state index < -0.39 is 10.2 Å². The number of aromatic nitrogens is 3. The lowest BCUT2D eigenvalue weighted by Crippen LogP contribution is -2.30. The highest BCUT2D eigenvalue weighted by Crippen LogP contribution is 2.26. The first-order valence-corrected chi connectivity index (χ1v) is 8.75. The van der Waals surface area contributed by atoms with Gasteiger partial charge in [-0.2, -0.15) is 13.1 Å². The third-order valence-electron chi connectivity index (χ3n) is 3.37. The highest BCUT2D eigenvalue weighted by atomic mass is 35.5. The average Bonchev–Trinajstić information content (AvgIpc) is 2.95. The molecule has 10 heteroatoms. The number of nitrogens with one attached hydrogen (secondary N) is 1. The summed E-state index contributed by atoms with van der Waals surface area (Å²) in [5, 5.41) is 13.5. The molecular formula is C14H14ClN5O3S. The second kappa shape index (κ2) is 6.36. The topological polar surface area (TPSA) is 112 Å². The first-order chi connectivity index (χ1) is 11.4. The number of benzene rings is 2. The monoisotopic (exact) mass is 367 g/mol. The lowest BCUT2D eigenvalue weighted by molar-refractivity contribution is 0.415. The van der Waals surface area contributed by atoms with Crippen molar-refractivity contribution in [2.24, 2.45) is 5.14 Å². The SMILES string of the molecule is COc1ccc2c(c1)nnn2-c1ccc(CNS(N)(=O)=O)cc1Cl. The van der Waals surface area contributed by atoms with Gasteiger partial charge in [-0.25, -0.2) is 9.82 Å². The van der Waals surface area contributed by atoms with Crippen LogP contribution in [0.2, 0.25) is 5.02 Å². The molecule has 3 rings (SSSR count). The van der Waals surface area contributed by atoms with E-state index in [1.165, 1.54) is 0 Å². The van der Waals surface area contributed by atoms with E-state index in [1.54, 1.807) is 42.1 Å². The molecule has 24 heavy (non-hydrogen) atoms. The van der Waals surface area contributed by atoms with Crippen LogP contribution in [0.15, 0.2) is 36.4 Å². The highest BCUT2D eigenvalue weighted by Gasteiger charge is 2.12. The van der Waals surface area contributed by atoms with Gasteiger partial charge in [-0.1, -0.05) is 22.9 Å². The maximum Gasteiger partial charge on any atom is 0.274 e. The van der Waals surface area contributed by atoms with Gasteiger partial charge in [0.25, 0.3) is 10.2 Å². The maximum atomic E-state index is 10.9. The van der Waals surface area contributed by atoms with Gasteiger partial charge in [-0.15, -0.1) is 5.10 Å². The van der Waals surface area contributed by atoms with Crippen LogP contribution in [0.3, 0.4) is 0 Å². The van der Waals surface area contributed by atoms with Gasteiger partial charge >= 0.3 is 0 Å². The molecule has 0 spiro atoms. The van der Waals surface area contributed by atoms with E-state index in [1.807, 2.05) is 6.07 Å². The predicted octanol–water partition coefficient (Wildman–Crippen LogP) is 1.38. The number of halogens is 1. The van der Waals surface area contributed by atoms with Crippen molar-refractivity contribution >= 4 is 32.8 Å². The first-order valence-electron chi connectivity index (χ1n) is 6.83. The van der Waals surface area contributed by atoms with Gasteiger partial charge in [0, 0.05) is 12.6 Å². The summed E-state index contributed by atoms with van der Waals surface area (Å²) >= 11 is 6.31.